The van der Waals surface area contributed by atoms with E-state index in [4.69, 9.17) is 0 Å². The van der Waals surface area contributed by atoms with Crippen LogP contribution in [0.1, 0.15) is 93.9 Å². The zero-order chi connectivity index (χ0) is 19.7. The maximum absolute atomic E-state index is 10.5. The van der Waals surface area contributed by atoms with Gasteiger partial charge in [-0.3, -0.25) is 0 Å². The molecule has 2 unspecified atom stereocenters. The van der Waals surface area contributed by atoms with Gasteiger partial charge in [0.1, 0.15) is 0 Å². The molecule has 1 saturated carbocycles. The first-order valence-corrected chi connectivity index (χ1v) is 13.5. The summed E-state index contributed by atoms with van der Waals surface area (Å²) in [6.45, 7) is 17.5. The molecular weight excluding hydrogens is 369 g/mol. The van der Waals surface area contributed by atoms with E-state index < -0.39 is 0 Å². The van der Waals surface area contributed by atoms with Crippen LogP contribution in [-0.2, 0) is 0 Å². The summed E-state index contributed by atoms with van der Waals surface area (Å²) < 4.78 is 0. The summed E-state index contributed by atoms with van der Waals surface area (Å²) >= 11 is 0.496. The van der Waals surface area contributed by atoms with E-state index in [1.54, 1.807) is 10.5 Å². The van der Waals surface area contributed by atoms with Crippen LogP contribution in [0.5, 0.6) is 0 Å². The molecule has 2 N–H and O–H groups in total. The Kier molecular flexibility index (Phi) is 12.2. The molecular formula is C22H46GeO2. The van der Waals surface area contributed by atoms with E-state index >= 15 is 0 Å². The molecule has 0 saturated heterocycles. The predicted octanol–water partition coefficient (Wildman–Crippen LogP) is 5.95. The van der Waals surface area contributed by atoms with Crippen molar-refractivity contribution in [1.82, 2.24) is 0 Å². The van der Waals surface area contributed by atoms with Gasteiger partial charge in [-0.25, -0.2) is 0 Å². The Hall–Kier alpha value is 0.463. The molecule has 0 spiro atoms. The molecule has 0 amide bonds. The molecule has 0 aromatic rings. The fourth-order valence-corrected chi connectivity index (χ4v) is 6.76. The van der Waals surface area contributed by atoms with Gasteiger partial charge < -0.3 is 10.2 Å². The van der Waals surface area contributed by atoms with E-state index in [0.717, 1.165) is 12.8 Å². The second-order valence-electron chi connectivity index (χ2n) is 10.0. The van der Waals surface area contributed by atoms with Gasteiger partial charge in [0, 0.05) is 0 Å². The van der Waals surface area contributed by atoms with Crippen molar-refractivity contribution in [2.75, 3.05) is 0 Å². The average molecular weight is 415 g/mol. The monoisotopic (exact) mass is 416 g/mol. The first-order chi connectivity index (χ1) is 11.4. The number of unbranched alkanes of at least 4 members (excludes halogenated alkanes) is 2. The number of hydrogen-bond acceptors (Lipinski definition) is 2. The van der Waals surface area contributed by atoms with Crippen molar-refractivity contribution < 1.29 is 10.2 Å². The average Bonchev–Trinajstić information content (AvgIpc) is 2.48. The molecule has 2 nitrogen and oxygen atoms in total. The summed E-state index contributed by atoms with van der Waals surface area (Å²) in [6, 6.07) is 0. The zero-order valence-corrected chi connectivity index (χ0v) is 20.5. The van der Waals surface area contributed by atoms with Gasteiger partial charge in [-0.1, -0.05) is 41.5 Å². The number of aliphatic hydroxyl groups is 2. The van der Waals surface area contributed by atoms with Gasteiger partial charge >= 0.3 is 65.5 Å². The minimum absolute atomic E-state index is 0.0598. The van der Waals surface area contributed by atoms with E-state index in [2.05, 4.69) is 55.4 Å². The predicted molar refractivity (Wildman–Crippen MR) is 112 cm³/mol. The summed E-state index contributed by atoms with van der Waals surface area (Å²) in [4.78, 5) is 0. The first-order valence-electron chi connectivity index (χ1n) is 10.5. The van der Waals surface area contributed by atoms with Crippen LogP contribution in [0.3, 0.4) is 0 Å². The quantitative estimate of drug-likeness (QED) is 0.416. The van der Waals surface area contributed by atoms with E-state index in [1.807, 2.05) is 0 Å². The first kappa shape index (κ1) is 25.5. The zero-order valence-electron chi connectivity index (χ0n) is 18.4. The molecule has 1 aliphatic carbocycles. The van der Waals surface area contributed by atoms with Crippen molar-refractivity contribution in [3.05, 3.63) is 0 Å². The van der Waals surface area contributed by atoms with Gasteiger partial charge in [-0.05, 0) is 35.5 Å². The van der Waals surface area contributed by atoms with Crippen molar-refractivity contribution in [2.45, 2.75) is 117 Å². The second kappa shape index (κ2) is 12.0. The topological polar surface area (TPSA) is 40.5 Å². The Morgan fingerprint density at radius 2 is 1.12 bits per heavy atom. The van der Waals surface area contributed by atoms with Gasteiger partial charge in [0.05, 0.1) is 12.2 Å². The molecule has 150 valence electrons. The molecule has 0 aromatic heterocycles. The third-order valence-corrected chi connectivity index (χ3v) is 8.48. The van der Waals surface area contributed by atoms with E-state index in [0.29, 0.717) is 15.4 Å². The maximum atomic E-state index is 10.5. The molecule has 1 aliphatic rings. The van der Waals surface area contributed by atoms with Crippen LogP contribution in [0.4, 0.5) is 0 Å². The van der Waals surface area contributed by atoms with Crippen LogP contribution in [0.25, 0.3) is 0 Å². The van der Waals surface area contributed by atoms with Crippen LogP contribution in [0.2, 0.25) is 10.5 Å². The van der Waals surface area contributed by atoms with Crippen LogP contribution in [0.15, 0.2) is 0 Å². The molecule has 1 fully saturated rings. The van der Waals surface area contributed by atoms with Crippen molar-refractivity contribution in [3.63, 3.8) is 0 Å². The van der Waals surface area contributed by atoms with E-state index in [9.17, 15) is 10.2 Å². The molecule has 2 radical (unpaired) electrons. The SMILES string of the molecule is CC(C)(C)[C@@H]1CC(O)C[C@H](C(C)(C)C)C1O.CCC[CH2][Ge][CH2]CCC. The Balaban J connectivity index is 0.000000547. The molecule has 4 atom stereocenters. The van der Waals surface area contributed by atoms with Gasteiger partial charge in [-0.2, -0.15) is 0 Å². The summed E-state index contributed by atoms with van der Waals surface area (Å²) in [5.74, 6) is 0.390. The number of aliphatic hydroxyl groups excluding tert-OH is 2. The summed E-state index contributed by atoms with van der Waals surface area (Å²) in [5.41, 5.74) is 0.120. The fraction of sp³-hybridized carbons (Fsp3) is 1.00. The molecule has 0 bridgehead atoms. The van der Waals surface area contributed by atoms with E-state index in [1.165, 1.54) is 25.7 Å². The Labute approximate surface area is 165 Å². The molecule has 3 heteroatoms. The Bertz CT molecular complexity index is 300. The van der Waals surface area contributed by atoms with Gasteiger partial charge in [0.25, 0.3) is 0 Å². The molecule has 0 aliphatic heterocycles. The van der Waals surface area contributed by atoms with Crippen LogP contribution in [-0.4, -0.2) is 37.9 Å². The van der Waals surface area contributed by atoms with E-state index in [-0.39, 0.29) is 34.9 Å². The van der Waals surface area contributed by atoms with Gasteiger partial charge in [0.2, 0.25) is 0 Å². The molecule has 25 heavy (non-hydrogen) atoms. The standard InChI is InChI=1S/C14H28O2.C8H18Ge/c1-13(2,3)10-7-9(15)8-11(12(10)16)14(4,5)6;1-3-5-7-9-8-6-4-2/h9-12,15-16H,7-8H2,1-6H3;3-8H2,1-2H3/t9?,10-,11+,12?;. The van der Waals surface area contributed by atoms with Crippen molar-refractivity contribution >= 4 is 15.4 Å². The summed E-state index contributed by atoms with van der Waals surface area (Å²) in [5, 5.41) is 23.6. The van der Waals surface area contributed by atoms with Crippen LogP contribution >= 0.6 is 0 Å². The normalized spacial score (nSPS) is 27.6. The molecule has 0 aromatic carbocycles. The minimum atomic E-state index is -0.289. The summed E-state index contributed by atoms with van der Waals surface area (Å²) in [6.07, 6.45) is 6.70. The Morgan fingerprint density at radius 3 is 1.40 bits per heavy atom. The molecule has 1 rings (SSSR count). The van der Waals surface area contributed by atoms with Crippen molar-refractivity contribution in [3.8, 4) is 0 Å². The van der Waals surface area contributed by atoms with Gasteiger partial charge in [0.15, 0.2) is 0 Å². The van der Waals surface area contributed by atoms with Crippen molar-refractivity contribution in [2.24, 2.45) is 22.7 Å². The van der Waals surface area contributed by atoms with Crippen molar-refractivity contribution in [1.29, 1.82) is 0 Å². The van der Waals surface area contributed by atoms with Crippen LogP contribution < -0.4 is 0 Å². The molecule has 0 heterocycles. The number of rotatable bonds is 6. The number of hydrogen-bond donors (Lipinski definition) is 2. The second-order valence-corrected chi connectivity index (χ2v) is 13.2. The third-order valence-electron chi connectivity index (χ3n) is 5.52. The van der Waals surface area contributed by atoms with Gasteiger partial charge in [-0.15, -0.1) is 0 Å². The van der Waals surface area contributed by atoms with Crippen LogP contribution in [0, 0.1) is 22.7 Å². The Morgan fingerprint density at radius 1 is 0.760 bits per heavy atom. The fourth-order valence-electron chi connectivity index (χ4n) is 3.70. The third kappa shape index (κ3) is 10.4. The summed E-state index contributed by atoms with van der Waals surface area (Å²) in [7, 11) is 0.